The fourth-order valence-corrected chi connectivity index (χ4v) is 2.49. The summed E-state index contributed by atoms with van der Waals surface area (Å²) in [6, 6.07) is 9.29. The first kappa shape index (κ1) is 12.1. The lowest BCUT2D eigenvalue weighted by molar-refractivity contribution is 0.468. The summed E-state index contributed by atoms with van der Waals surface area (Å²) in [5, 5.41) is 3.19. The van der Waals surface area contributed by atoms with Crippen LogP contribution in [0.5, 0.6) is 11.5 Å². The van der Waals surface area contributed by atoms with E-state index in [0.717, 1.165) is 30.0 Å². The molecule has 0 aliphatic carbocycles. The molecule has 1 aromatic heterocycles. The molecule has 0 radical (unpaired) electrons. The zero-order chi connectivity index (χ0) is 13.2. The lowest BCUT2D eigenvalue weighted by Crippen LogP contribution is -2.19. The zero-order valence-corrected chi connectivity index (χ0v) is 10.7. The number of ether oxygens (including phenoxy) is 1. The quantitative estimate of drug-likeness (QED) is 0.899. The molecule has 0 fully saturated rings. The second-order valence-electron chi connectivity index (χ2n) is 4.70. The van der Waals surface area contributed by atoms with Crippen LogP contribution in [-0.2, 0) is 6.42 Å². The first-order valence-corrected chi connectivity index (χ1v) is 6.33. The normalized spacial score (nSPS) is 17.1. The van der Waals surface area contributed by atoms with Gasteiger partial charge in [-0.15, -0.1) is 0 Å². The SMILES string of the molecule is CNC[C@H]1Cc2ncc(F)cc2Oc2ccccc21. The van der Waals surface area contributed by atoms with Crippen molar-refractivity contribution in [2.24, 2.45) is 0 Å². The summed E-state index contributed by atoms with van der Waals surface area (Å²) in [7, 11) is 1.92. The van der Waals surface area contributed by atoms with Crippen LogP contribution in [0.3, 0.4) is 0 Å². The minimum atomic E-state index is -0.372. The van der Waals surface area contributed by atoms with Crippen molar-refractivity contribution in [3.05, 3.63) is 53.6 Å². The Morgan fingerprint density at radius 2 is 2.21 bits per heavy atom. The van der Waals surface area contributed by atoms with Gasteiger partial charge in [0.15, 0.2) is 5.75 Å². The minimum absolute atomic E-state index is 0.278. The Labute approximate surface area is 111 Å². The number of halogens is 1. The molecule has 0 bridgehead atoms. The summed E-state index contributed by atoms with van der Waals surface area (Å²) in [6.45, 7) is 0.832. The van der Waals surface area contributed by atoms with E-state index in [1.165, 1.54) is 12.3 Å². The molecular formula is C15H15FN2O. The maximum Gasteiger partial charge on any atom is 0.151 e. The Morgan fingerprint density at radius 3 is 3.05 bits per heavy atom. The van der Waals surface area contributed by atoms with Crippen molar-refractivity contribution in [3.63, 3.8) is 0 Å². The third-order valence-corrected chi connectivity index (χ3v) is 3.37. The molecule has 3 nitrogen and oxygen atoms in total. The lowest BCUT2D eigenvalue weighted by Gasteiger charge is -2.15. The van der Waals surface area contributed by atoms with Crippen molar-refractivity contribution in [1.82, 2.24) is 10.3 Å². The number of nitrogens with one attached hydrogen (secondary N) is 1. The van der Waals surface area contributed by atoms with Gasteiger partial charge in [0, 0.05) is 24.9 Å². The number of likely N-dealkylation sites (N-methyl/N-ethyl adjacent to an activating group) is 1. The lowest BCUT2D eigenvalue weighted by atomic mass is 9.94. The Hall–Kier alpha value is -1.94. The van der Waals surface area contributed by atoms with E-state index in [2.05, 4.69) is 16.4 Å². The van der Waals surface area contributed by atoms with Gasteiger partial charge in [0.05, 0.1) is 11.9 Å². The van der Waals surface area contributed by atoms with Gasteiger partial charge in [-0.3, -0.25) is 4.98 Å². The fraction of sp³-hybridized carbons (Fsp3) is 0.267. The molecule has 1 aliphatic heterocycles. The second-order valence-corrected chi connectivity index (χ2v) is 4.70. The van der Waals surface area contributed by atoms with Gasteiger partial charge in [0.2, 0.25) is 0 Å². The van der Waals surface area contributed by atoms with Crippen LogP contribution in [0.2, 0.25) is 0 Å². The van der Waals surface area contributed by atoms with E-state index in [1.807, 2.05) is 25.2 Å². The molecule has 1 aliphatic rings. The highest BCUT2D eigenvalue weighted by Gasteiger charge is 2.23. The maximum absolute atomic E-state index is 13.3. The molecule has 1 N–H and O–H groups in total. The van der Waals surface area contributed by atoms with Gasteiger partial charge in [0.1, 0.15) is 11.6 Å². The zero-order valence-electron chi connectivity index (χ0n) is 10.7. The standard InChI is InChI=1S/C15H15FN2O/c1-17-8-10-6-13-15(7-11(16)9-18-13)19-14-5-3-2-4-12(10)14/h2-5,7,9-10,17H,6,8H2,1H3/t10-/m1/s1. The smallest absolute Gasteiger partial charge is 0.151 e. The van der Waals surface area contributed by atoms with Crippen molar-refractivity contribution in [2.75, 3.05) is 13.6 Å². The summed E-state index contributed by atoms with van der Waals surface area (Å²) in [4.78, 5) is 4.17. The Balaban J connectivity index is 2.09. The van der Waals surface area contributed by atoms with Gasteiger partial charge in [-0.1, -0.05) is 18.2 Å². The summed E-state index contributed by atoms with van der Waals surface area (Å²) in [5.74, 6) is 1.21. The molecule has 98 valence electrons. The summed E-state index contributed by atoms with van der Waals surface area (Å²) in [6.07, 6.45) is 1.99. The molecule has 0 saturated carbocycles. The minimum Gasteiger partial charge on any atom is -0.455 e. The van der Waals surface area contributed by atoms with Crippen LogP contribution in [-0.4, -0.2) is 18.6 Å². The van der Waals surface area contributed by atoms with Crippen molar-refractivity contribution >= 4 is 0 Å². The average molecular weight is 258 g/mol. The number of nitrogens with zero attached hydrogens (tertiary/aromatic N) is 1. The van der Waals surface area contributed by atoms with E-state index in [4.69, 9.17) is 4.74 Å². The van der Waals surface area contributed by atoms with E-state index in [0.29, 0.717) is 5.75 Å². The van der Waals surface area contributed by atoms with Gasteiger partial charge >= 0.3 is 0 Å². The van der Waals surface area contributed by atoms with Gasteiger partial charge in [-0.25, -0.2) is 4.39 Å². The number of aromatic nitrogens is 1. The highest BCUT2D eigenvalue weighted by Crippen LogP contribution is 2.38. The molecule has 1 atom stereocenters. The number of fused-ring (bicyclic) bond motifs is 2. The number of pyridine rings is 1. The monoisotopic (exact) mass is 258 g/mol. The molecule has 2 aromatic rings. The van der Waals surface area contributed by atoms with Gasteiger partial charge in [-0.2, -0.15) is 0 Å². The predicted octanol–water partition coefficient (Wildman–Crippen LogP) is 2.87. The molecule has 19 heavy (non-hydrogen) atoms. The largest absolute Gasteiger partial charge is 0.455 e. The van der Waals surface area contributed by atoms with Crippen LogP contribution in [0.25, 0.3) is 0 Å². The van der Waals surface area contributed by atoms with Crippen LogP contribution in [0.15, 0.2) is 36.5 Å². The van der Waals surface area contributed by atoms with E-state index in [-0.39, 0.29) is 11.7 Å². The van der Waals surface area contributed by atoms with E-state index >= 15 is 0 Å². The molecule has 0 amide bonds. The first-order valence-electron chi connectivity index (χ1n) is 6.33. The van der Waals surface area contributed by atoms with Crippen molar-refractivity contribution in [2.45, 2.75) is 12.3 Å². The highest BCUT2D eigenvalue weighted by molar-refractivity contribution is 5.45. The van der Waals surface area contributed by atoms with E-state index in [9.17, 15) is 4.39 Å². The van der Waals surface area contributed by atoms with Crippen LogP contribution in [0.4, 0.5) is 4.39 Å². The molecule has 0 spiro atoms. The number of benzene rings is 1. The second kappa shape index (κ2) is 4.97. The predicted molar refractivity (Wildman–Crippen MR) is 71.1 cm³/mol. The van der Waals surface area contributed by atoms with Crippen LogP contribution < -0.4 is 10.1 Å². The van der Waals surface area contributed by atoms with Crippen molar-refractivity contribution < 1.29 is 9.13 Å². The maximum atomic E-state index is 13.3. The van der Waals surface area contributed by atoms with Crippen LogP contribution in [0.1, 0.15) is 17.2 Å². The molecule has 0 saturated heterocycles. The number of hydrogen-bond acceptors (Lipinski definition) is 3. The van der Waals surface area contributed by atoms with Crippen molar-refractivity contribution in [3.8, 4) is 11.5 Å². The van der Waals surface area contributed by atoms with Crippen LogP contribution in [0, 0.1) is 5.82 Å². The van der Waals surface area contributed by atoms with Gasteiger partial charge < -0.3 is 10.1 Å². The molecule has 3 rings (SSSR count). The summed E-state index contributed by atoms with van der Waals surface area (Å²) < 4.78 is 19.1. The Morgan fingerprint density at radius 1 is 1.37 bits per heavy atom. The molecule has 2 heterocycles. The molecule has 0 unspecified atom stereocenters. The summed E-state index contributed by atoms with van der Waals surface area (Å²) >= 11 is 0. The fourth-order valence-electron chi connectivity index (χ4n) is 2.49. The number of para-hydroxylation sites is 1. The molecule has 4 heteroatoms. The van der Waals surface area contributed by atoms with E-state index in [1.54, 1.807) is 0 Å². The van der Waals surface area contributed by atoms with E-state index < -0.39 is 0 Å². The number of hydrogen-bond donors (Lipinski definition) is 1. The number of rotatable bonds is 2. The topological polar surface area (TPSA) is 34.2 Å². The summed E-state index contributed by atoms with van der Waals surface area (Å²) in [5.41, 5.74) is 1.94. The van der Waals surface area contributed by atoms with Crippen LogP contribution >= 0.6 is 0 Å². The van der Waals surface area contributed by atoms with Gasteiger partial charge in [0.25, 0.3) is 0 Å². The third kappa shape index (κ3) is 2.31. The highest BCUT2D eigenvalue weighted by atomic mass is 19.1. The Kier molecular flexibility index (Phi) is 3.17. The van der Waals surface area contributed by atoms with Crippen molar-refractivity contribution in [1.29, 1.82) is 0 Å². The third-order valence-electron chi connectivity index (χ3n) is 3.37. The first-order chi connectivity index (χ1) is 9.28. The Bertz CT molecular complexity index is 600. The van der Waals surface area contributed by atoms with Gasteiger partial charge in [-0.05, 0) is 18.7 Å². The molecular weight excluding hydrogens is 243 g/mol. The molecule has 1 aromatic carbocycles. The average Bonchev–Trinajstić information content (AvgIpc) is 2.56.